The van der Waals surface area contributed by atoms with Gasteiger partial charge in [-0.15, -0.1) is 0 Å². The van der Waals surface area contributed by atoms with Gasteiger partial charge in [-0.3, -0.25) is 0 Å². The minimum absolute atomic E-state index is 0.104. The highest BCUT2D eigenvalue weighted by Crippen LogP contribution is 2.35. The Hall–Kier alpha value is -2.95. The standard InChI is InChI=1S/C23H28N2O3/c1-16-2-4-18(5-3-16)19-6-8-22(9-7-19)27-11-10-23(26)28-15-17-12-20(24)14-21(25)13-17/h6-14,16,18H,2-5,15,24-25H2,1H3/b11-10+. The number of nitrogen functional groups attached to an aromatic ring is 2. The van der Waals surface area contributed by atoms with Crippen LogP contribution in [0.4, 0.5) is 11.4 Å². The van der Waals surface area contributed by atoms with Crippen LogP contribution in [0.2, 0.25) is 0 Å². The topological polar surface area (TPSA) is 87.6 Å². The van der Waals surface area contributed by atoms with Gasteiger partial charge in [0.05, 0.1) is 12.3 Å². The minimum atomic E-state index is -0.492. The fourth-order valence-electron chi connectivity index (χ4n) is 3.61. The maximum atomic E-state index is 11.8. The van der Waals surface area contributed by atoms with Gasteiger partial charge in [0.15, 0.2) is 0 Å². The van der Waals surface area contributed by atoms with Crippen LogP contribution in [0.1, 0.15) is 49.7 Å². The summed E-state index contributed by atoms with van der Waals surface area (Å²) < 4.78 is 10.7. The fraction of sp³-hybridized carbons (Fsp3) is 0.348. The van der Waals surface area contributed by atoms with E-state index in [0.29, 0.717) is 23.0 Å². The molecular weight excluding hydrogens is 352 g/mol. The molecule has 0 aromatic heterocycles. The Kier molecular flexibility index (Phi) is 6.58. The lowest BCUT2D eigenvalue weighted by molar-refractivity contribution is -0.139. The zero-order chi connectivity index (χ0) is 19.9. The Morgan fingerprint density at radius 1 is 1.04 bits per heavy atom. The molecule has 5 nitrogen and oxygen atoms in total. The molecule has 28 heavy (non-hydrogen) atoms. The van der Waals surface area contributed by atoms with Gasteiger partial charge in [-0.2, -0.15) is 0 Å². The molecule has 1 aliphatic rings. The molecule has 0 atom stereocenters. The highest BCUT2D eigenvalue weighted by molar-refractivity contribution is 5.81. The number of nitrogens with two attached hydrogens (primary N) is 2. The van der Waals surface area contributed by atoms with E-state index < -0.39 is 5.97 Å². The SMILES string of the molecule is CC1CCC(c2ccc(O/C=C/C(=O)OCc3cc(N)cc(N)c3)cc2)CC1. The smallest absolute Gasteiger partial charge is 0.334 e. The van der Waals surface area contributed by atoms with Crippen LogP contribution in [0.5, 0.6) is 5.75 Å². The van der Waals surface area contributed by atoms with Gasteiger partial charge in [-0.05, 0) is 66.1 Å². The molecule has 0 amide bonds. The second kappa shape index (κ2) is 9.31. The number of benzene rings is 2. The molecule has 0 radical (unpaired) electrons. The van der Waals surface area contributed by atoms with E-state index >= 15 is 0 Å². The summed E-state index contributed by atoms with van der Waals surface area (Å²) in [4.78, 5) is 11.8. The second-order valence-corrected chi connectivity index (χ2v) is 7.56. The molecule has 0 heterocycles. The van der Waals surface area contributed by atoms with Crippen LogP contribution in [-0.2, 0) is 16.1 Å². The molecule has 2 aromatic rings. The predicted octanol–water partition coefficient (Wildman–Crippen LogP) is 4.78. The number of carbonyl (C=O) groups excluding carboxylic acids is 1. The van der Waals surface area contributed by atoms with Crippen molar-refractivity contribution in [2.75, 3.05) is 11.5 Å². The first-order chi connectivity index (χ1) is 13.5. The van der Waals surface area contributed by atoms with Crippen molar-refractivity contribution in [1.82, 2.24) is 0 Å². The number of ether oxygens (including phenoxy) is 2. The van der Waals surface area contributed by atoms with Gasteiger partial charge in [0, 0.05) is 11.4 Å². The first-order valence-electron chi connectivity index (χ1n) is 9.74. The summed E-state index contributed by atoms with van der Waals surface area (Å²) in [5, 5.41) is 0. The second-order valence-electron chi connectivity index (χ2n) is 7.56. The Bertz CT molecular complexity index is 802. The van der Waals surface area contributed by atoms with Gasteiger partial charge in [0.25, 0.3) is 0 Å². The van der Waals surface area contributed by atoms with E-state index in [1.165, 1.54) is 43.6 Å². The molecule has 1 saturated carbocycles. The fourth-order valence-corrected chi connectivity index (χ4v) is 3.61. The lowest BCUT2D eigenvalue weighted by atomic mass is 9.79. The summed E-state index contributed by atoms with van der Waals surface area (Å²) >= 11 is 0. The first-order valence-corrected chi connectivity index (χ1v) is 9.74. The van der Waals surface area contributed by atoms with Gasteiger partial charge in [-0.1, -0.05) is 31.9 Å². The normalized spacial score (nSPS) is 19.5. The number of rotatable bonds is 6. The Morgan fingerprint density at radius 2 is 1.68 bits per heavy atom. The molecule has 148 valence electrons. The molecule has 0 bridgehead atoms. The third kappa shape index (κ3) is 5.78. The number of esters is 1. The number of carbonyl (C=O) groups is 1. The average molecular weight is 380 g/mol. The van der Waals surface area contributed by atoms with Gasteiger partial charge in [0.2, 0.25) is 0 Å². The molecule has 1 aliphatic carbocycles. The van der Waals surface area contributed by atoms with Crippen molar-refractivity contribution >= 4 is 17.3 Å². The van der Waals surface area contributed by atoms with Crippen LogP contribution in [0.25, 0.3) is 0 Å². The number of anilines is 2. The molecular formula is C23H28N2O3. The van der Waals surface area contributed by atoms with Crippen molar-refractivity contribution < 1.29 is 14.3 Å². The molecule has 0 unspecified atom stereocenters. The van der Waals surface area contributed by atoms with E-state index in [-0.39, 0.29) is 6.61 Å². The summed E-state index contributed by atoms with van der Waals surface area (Å²) in [7, 11) is 0. The van der Waals surface area contributed by atoms with Gasteiger partial charge in [-0.25, -0.2) is 4.79 Å². The third-order valence-corrected chi connectivity index (χ3v) is 5.19. The van der Waals surface area contributed by atoms with Gasteiger partial charge in [0.1, 0.15) is 12.4 Å². The highest BCUT2D eigenvalue weighted by Gasteiger charge is 2.19. The summed E-state index contributed by atoms with van der Waals surface area (Å²) in [5.41, 5.74) is 14.6. The Labute approximate surface area is 166 Å². The van der Waals surface area contributed by atoms with Crippen LogP contribution in [0.15, 0.2) is 54.8 Å². The molecule has 2 aromatic carbocycles. The zero-order valence-corrected chi connectivity index (χ0v) is 16.3. The molecule has 3 rings (SSSR count). The zero-order valence-electron chi connectivity index (χ0n) is 16.3. The first kappa shape index (κ1) is 19.8. The summed E-state index contributed by atoms with van der Waals surface area (Å²) in [5.74, 6) is 1.70. The van der Waals surface area contributed by atoms with E-state index in [2.05, 4.69) is 19.1 Å². The van der Waals surface area contributed by atoms with Crippen molar-refractivity contribution in [3.63, 3.8) is 0 Å². The van der Waals surface area contributed by atoms with Gasteiger partial charge >= 0.3 is 5.97 Å². The maximum absolute atomic E-state index is 11.8. The molecule has 5 heteroatoms. The summed E-state index contributed by atoms with van der Waals surface area (Å²) in [6, 6.07) is 13.2. The largest absolute Gasteiger partial charge is 0.465 e. The molecule has 0 aliphatic heterocycles. The predicted molar refractivity (Wildman–Crippen MR) is 112 cm³/mol. The van der Waals surface area contributed by atoms with Crippen LogP contribution in [0, 0.1) is 5.92 Å². The molecule has 4 N–H and O–H groups in total. The highest BCUT2D eigenvalue weighted by atomic mass is 16.5. The molecule has 0 spiro atoms. The Morgan fingerprint density at radius 3 is 2.32 bits per heavy atom. The van der Waals surface area contributed by atoms with E-state index in [0.717, 1.165) is 11.5 Å². The van der Waals surface area contributed by atoms with Gasteiger partial charge < -0.3 is 20.9 Å². The van der Waals surface area contributed by atoms with Crippen molar-refractivity contribution in [2.45, 2.75) is 45.1 Å². The van der Waals surface area contributed by atoms with E-state index in [9.17, 15) is 4.79 Å². The van der Waals surface area contributed by atoms with E-state index in [1.807, 2.05) is 12.1 Å². The number of hydrogen-bond donors (Lipinski definition) is 2. The lowest BCUT2D eigenvalue weighted by Gasteiger charge is -2.26. The van der Waals surface area contributed by atoms with E-state index in [4.69, 9.17) is 20.9 Å². The van der Waals surface area contributed by atoms with Crippen molar-refractivity contribution in [3.8, 4) is 5.75 Å². The third-order valence-electron chi connectivity index (χ3n) is 5.19. The van der Waals surface area contributed by atoms with E-state index in [1.54, 1.807) is 18.2 Å². The van der Waals surface area contributed by atoms with Crippen LogP contribution in [0.3, 0.4) is 0 Å². The maximum Gasteiger partial charge on any atom is 0.334 e. The minimum Gasteiger partial charge on any atom is -0.465 e. The summed E-state index contributed by atoms with van der Waals surface area (Å²) in [6.45, 7) is 2.43. The number of hydrogen-bond acceptors (Lipinski definition) is 5. The van der Waals surface area contributed by atoms with Crippen molar-refractivity contribution in [3.05, 3.63) is 65.9 Å². The van der Waals surface area contributed by atoms with Crippen LogP contribution >= 0.6 is 0 Å². The Balaban J connectivity index is 1.45. The van der Waals surface area contributed by atoms with Crippen LogP contribution < -0.4 is 16.2 Å². The monoisotopic (exact) mass is 380 g/mol. The molecule has 0 saturated heterocycles. The quantitative estimate of drug-likeness (QED) is 0.326. The average Bonchev–Trinajstić information content (AvgIpc) is 2.67. The lowest BCUT2D eigenvalue weighted by Crippen LogP contribution is -2.10. The van der Waals surface area contributed by atoms with Crippen molar-refractivity contribution in [1.29, 1.82) is 0 Å². The molecule has 1 fully saturated rings. The summed E-state index contributed by atoms with van der Waals surface area (Å²) in [6.07, 6.45) is 7.71. The van der Waals surface area contributed by atoms with Crippen molar-refractivity contribution in [2.24, 2.45) is 5.92 Å². The van der Waals surface area contributed by atoms with Crippen LogP contribution in [-0.4, -0.2) is 5.97 Å².